The van der Waals surface area contributed by atoms with Gasteiger partial charge in [0, 0.05) is 10.0 Å². The van der Waals surface area contributed by atoms with Crippen LogP contribution in [-0.2, 0) is 6.18 Å². The van der Waals surface area contributed by atoms with Gasteiger partial charge in [-0.1, -0.05) is 27.8 Å². The highest BCUT2D eigenvalue weighted by Gasteiger charge is 2.33. The molecule has 0 unspecified atom stereocenters. The third kappa shape index (κ3) is 3.47. The largest absolute Gasteiger partial charge is 0.417 e. The third-order valence-electron chi connectivity index (χ3n) is 1.59. The summed E-state index contributed by atoms with van der Waals surface area (Å²) in [5.41, 5.74) is -0.758. The van der Waals surface area contributed by atoms with Gasteiger partial charge >= 0.3 is 6.18 Å². The number of benzene rings is 1. The molecule has 0 aromatic heterocycles. The maximum atomic E-state index is 12.5. The van der Waals surface area contributed by atoms with Crippen LogP contribution in [0.3, 0.4) is 0 Å². The Kier molecular flexibility index (Phi) is 4.12. The van der Waals surface area contributed by atoms with Crippen LogP contribution in [0.1, 0.15) is 11.1 Å². The predicted octanol–water partition coefficient (Wildman–Crippen LogP) is 3.75. The Morgan fingerprint density at radius 1 is 1.33 bits per heavy atom. The molecule has 0 radical (unpaired) electrons. The molecule has 0 amide bonds. The first-order chi connectivity index (χ1) is 6.95. The number of hydrogen-bond donors (Lipinski definition) is 1. The van der Waals surface area contributed by atoms with Crippen molar-refractivity contribution in [2.75, 3.05) is 5.75 Å². The lowest BCUT2D eigenvalue weighted by atomic mass is 10.1. The lowest BCUT2D eigenvalue weighted by Gasteiger charge is -2.09. The molecule has 5 heteroatoms. The molecule has 0 saturated carbocycles. The van der Waals surface area contributed by atoms with Gasteiger partial charge < -0.3 is 0 Å². The quantitative estimate of drug-likeness (QED) is 0.547. The number of alkyl halides is 3. The Morgan fingerprint density at radius 2 is 2.00 bits per heavy atom. The molecular formula is C10H6BrF3S. The van der Waals surface area contributed by atoms with E-state index in [-0.39, 0.29) is 11.3 Å². The van der Waals surface area contributed by atoms with E-state index in [0.29, 0.717) is 4.47 Å². The summed E-state index contributed by atoms with van der Waals surface area (Å²) in [5, 5.41) is 0. The van der Waals surface area contributed by atoms with Crippen LogP contribution in [0.25, 0.3) is 0 Å². The van der Waals surface area contributed by atoms with Gasteiger partial charge in [-0.15, -0.1) is 0 Å². The summed E-state index contributed by atoms with van der Waals surface area (Å²) in [5.74, 6) is 5.15. The fourth-order valence-corrected chi connectivity index (χ4v) is 1.43. The summed E-state index contributed by atoms with van der Waals surface area (Å²) in [4.78, 5) is 0. The topological polar surface area (TPSA) is 0 Å². The summed E-state index contributed by atoms with van der Waals surface area (Å²) < 4.78 is 38.0. The van der Waals surface area contributed by atoms with Crippen LogP contribution < -0.4 is 0 Å². The molecule has 0 N–H and O–H groups in total. The van der Waals surface area contributed by atoms with E-state index >= 15 is 0 Å². The van der Waals surface area contributed by atoms with Gasteiger partial charge in [0.25, 0.3) is 0 Å². The minimum atomic E-state index is -4.38. The molecule has 0 aliphatic rings. The third-order valence-corrected chi connectivity index (χ3v) is 2.24. The van der Waals surface area contributed by atoms with Gasteiger partial charge in [0.05, 0.1) is 11.3 Å². The van der Waals surface area contributed by atoms with Crippen molar-refractivity contribution < 1.29 is 13.2 Å². The van der Waals surface area contributed by atoms with Crippen LogP contribution in [0.15, 0.2) is 22.7 Å². The van der Waals surface area contributed by atoms with Crippen LogP contribution in [0.4, 0.5) is 13.2 Å². The van der Waals surface area contributed by atoms with Gasteiger partial charge in [-0.3, -0.25) is 0 Å². The number of rotatable bonds is 0. The molecule has 0 nitrogen and oxygen atoms in total. The van der Waals surface area contributed by atoms with Crippen LogP contribution in [0.5, 0.6) is 0 Å². The zero-order chi connectivity index (χ0) is 11.5. The number of thiol groups is 1. The molecule has 1 rings (SSSR count). The van der Waals surface area contributed by atoms with Crippen molar-refractivity contribution >= 4 is 28.6 Å². The second-order valence-electron chi connectivity index (χ2n) is 2.65. The molecular weight excluding hydrogens is 289 g/mol. The zero-order valence-electron chi connectivity index (χ0n) is 7.40. The monoisotopic (exact) mass is 294 g/mol. The van der Waals surface area contributed by atoms with Crippen molar-refractivity contribution in [3.8, 4) is 11.8 Å². The lowest BCUT2D eigenvalue weighted by molar-refractivity contribution is -0.137. The molecule has 1 aromatic rings. The Balaban J connectivity index is 3.27. The first kappa shape index (κ1) is 12.5. The molecule has 0 aliphatic heterocycles. The van der Waals surface area contributed by atoms with Crippen LogP contribution in [0.2, 0.25) is 0 Å². The van der Waals surface area contributed by atoms with E-state index in [0.717, 1.165) is 6.07 Å². The maximum absolute atomic E-state index is 12.5. The Labute approximate surface area is 99.4 Å². The highest BCUT2D eigenvalue weighted by molar-refractivity contribution is 9.10. The van der Waals surface area contributed by atoms with Crippen LogP contribution in [0, 0.1) is 11.8 Å². The fourth-order valence-electron chi connectivity index (χ4n) is 0.995. The van der Waals surface area contributed by atoms with E-state index in [4.69, 9.17) is 0 Å². The smallest absolute Gasteiger partial charge is 0.166 e. The van der Waals surface area contributed by atoms with Crippen LogP contribution in [-0.4, -0.2) is 5.75 Å². The first-order valence-electron chi connectivity index (χ1n) is 3.91. The summed E-state index contributed by atoms with van der Waals surface area (Å²) in [6.07, 6.45) is -4.38. The summed E-state index contributed by atoms with van der Waals surface area (Å²) >= 11 is 6.81. The predicted molar refractivity (Wildman–Crippen MR) is 59.9 cm³/mol. The van der Waals surface area contributed by atoms with Crippen molar-refractivity contribution in [2.45, 2.75) is 6.18 Å². The average molecular weight is 295 g/mol. The molecule has 0 spiro atoms. The van der Waals surface area contributed by atoms with E-state index < -0.39 is 11.7 Å². The summed E-state index contributed by atoms with van der Waals surface area (Å²) in [6, 6.07) is 3.88. The Morgan fingerprint density at radius 3 is 2.53 bits per heavy atom. The molecule has 0 aliphatic carbocycles. The molecule has 0 bridgehead atoms. The molecule has 80 valence electrons. The highest BCUT2D eigenvalue weighted by Crippen LogP contribution is 2.33. The van der Waals surface area contributed by atoms with Gasteiger partial charge in [-0.2, -0.15) is 25.8 Å². The van der Waals surface area contributed by atoms with Crippen molar-refractivity contribution in [2.24, 2.45) is 0 Å². The van der Waals surface area contributed by atoms with Gasteiger partial charge in [-0.25, -0.2) is 0 Å². The molecule has 1 aromatic carbocycles. The van der Waals surface area contributed by atoms with Gasteiger partial charge in [0.2, 0.25) is 0 Å². The van der Waals surface area contributed by atoms with Gasteiger partial charge in [0.1, 0.15) is 0 Å². The summed E-state index contributed by atoms with van der Waals surface area (Å²) in [7, 11) is 0. The van der Waals surface area contributed by atoms with E-state index in [2.05, 4.69) is 40.4 Å². The van der Waals surface area contributed by atoms with Gasteiger partial charge in [-0.05, 0) is 18.2 Å². The van der Waals surface area contributed by atoms with E-state index in [1.54, 1.807) is 0 Å². The fraction of sp³-hybridized carbons (Fsp3) is 0.200. The van der Waals surface area contributed by atoms with Crippen molar-refractivity contribution in [3.63, 3.8) is 0 Å². The highest BCUT2D eigenvalue weighted by atomic mass is 79.9. The average Bonchev–Trinajstić information content (AvgIpc) is 2.14. The summed E-state index contributed by atoms with van der Waals surface area (Å²) in [6.45, 7) is 0. The molecule has 0 saturated heterocycles. The molecule has 15 heavy (non-hydrogen) atoms. The minimum Gasteiger partial charge on any atom is -0.166 e. The standard InChI is InChI=1S/C10H6BrF3S/c11-8-4-3-7(2-1-5-15)9(6-8)10(12,13)14/h3-4,6,15H,5H2. The lowest BCUT2D eigenvalue weighted by Crippen LogP contribution is -2.07. The van der Waals surface area contributed by atoms with Gasteiger partial charge in [0.15, 0.2) is 0 Å². The number of halogens is 4. The van der Waals surface area contributed by atoms with Crippen molar-refractivity contribution in [3.05, 3.63) is 33.8 Å². The molecule has 0 heterocycles. The zero-order valence-corrected chi connectivity index (χ0v) is 9.88. The number of hydrogen-bond acceptors (Lipinski definition) is 1. The van der Waals surface area contributed by atoms with E-state index in [1.165, 1.54) is 12.1 Å². The second-order valence-corrected chi connectivity index (χ2v) is 3.88. The van der Waals surface area contributed by atoms with Crippen LogP contribution >= 0.6 is 28.6 Å². The maximum Gasteiger partial charge on any atom is 0.417 e. The molecule has 0 atom stereocenters. The van der Waals surface area contributed by atoms with E-state index in [9.17, 15) is 13.2 Å². The Bertz CT molecular complexity index is 415. The Hall–Kier alpha value is -0.600. The normalized spacial score (nSPS) is 10.7. The van der Waals surface area contributed by atoms with E-state index in [1.807, 2.05) is 0 Å². The van der Waals surface area contributed by atoms with Crippen molar-refractivity contribution in [1.82, 2.24) is 0 Å². The first-order valence-corrected chi connectivity index (χ1v) is 5.34. The second kappa shape index (κ2) is 4.95. The molecule has 0 fully saturated rings. The minimum absolute atomic E-state index is 0.0280. The SMILES string of the molecule is FC(F)(F)c1cc(Br)ccc1C#CCS. The van der Waals surface area contributed by atoms with Crippen molar-refractivity contribution in [1.29, 1.82) is 0 Å².